The van der Waals surface area contributed by atoms with E-state index in [9.17, 15) is 30.0 Å². The molecule has 34 heavy (non-hydrogen) atoms. The Morgan fingerprint density at radius 2 is 1.76 bits per heavy atom. The molecule has 1 aliphatic heterocycles. The number of ether oxygens (including phenoxy) is 2. The van der Waals surface area contributed by atoms with Gasteiger partial charge in [-0.2, -0.15) is 0 Å². The maximum atomic E-state index is 13.5. The summed E-state index contributed by atoms with van der Waals surface area (Å²) >= 11 is 0. The molecule has 2 atom stereocenters. The number of hydrogen-bond acceptors (Lipinski definition) is 10. The predicted octanol–water partition coefficient (Wildman–Crippen LogP) is 0.717. The first-order chi connectivity index (χ1) is 16.1. The summed E-state index contributed by atoms with van der Waals surface area (Å²) < 4.78 is 11.2. The Balaban J connectivity index is 1.69. The van der Waals surface area contributed by atoms with Crippen LogP contribution in [0.15, 0.2) is 18.2 Å². The van der Waals surface area contributed by atoms with Gasteiger partial charge in [-0.1, -0.05) is 12.1 Å². The van der Waals surface area contributed by atoms with Crippen molar-refractivity contribution in [2.24, 2.45) is 5.73 Å². The van der Waals surface area contributed by atoms with Gasteiger partial charge in [0.15, 0.2) is 17.4 Å². The molecule has 0 bridgehead atoms. The number of aromatic hydroxyl groups is 2. The molecule has 180 valence electrons. The van der Waals surface area contributed by atoms with Crippen molar-refractivity contribution in [2.75, 3.05) is 31.6 Å². The predicted molar refractivity (Wildman–Crippen MR) is 119 cm³/mol. The van der Waals surface area contributed by atoms with Crippen LogP contribution in [0.2, 0.25) is 0 Å². The molecule has 0 spiro atoms. The van der Waals surface area contributed by atoms with Crippen molar-refractivity contribution < 1.29 is 39.5 Å². The number of aliphatic hydroxyl groups is 2. The number of rotatable bonds is 4. The normalized spacial score (nSPS) is 25.0. The second-order valence-electron chi connectivity index (χ2n) is 9.01. The Bertz CT molecular complexity index is 1220. The molecule has 1 fully saturated rings. The van der Waals surface area contributed by atoms with E-state index in [4.69, 9.17) is 15.2 Å². The van der Waals surface area contributed by atoms with E-state index in [0.29, 0.717) is 18.8 Å². The molecule has 0 aromatic heterocycles. The van der Waals surface area contributed by atoms with Crippen molar-refractivity contribution >= 4 is 17.3 Å². The highest BCUT2D eigenvalue weighted by molar-refractivity contribution is 6.32. The average molecular weight is 470 g/mol. The summed E-state index contributed by atoms with van der Waals surface area (Å²) in [6, 6.07) is 4.69. The van der Waals surface area contributed by atoms with Crippen molar-refractivity contribution in [3.05, 3.63) is 51.6 Å². The average Bonchev–Trinajstić information content (AvgIpc) is 3.26. The van der Waals surface area contributed by atoms with E-state index in [2.05, 4.69) is 5.32 Å². The summed E-state index contributed by atoms with van der Waals surface area (Å²) in [5.41, 5.74) is 3.43. The summed E-state index contributed by atoms with van der Waals surface area (Å²) in [6.45, 7) is 2.67. The summed E-state index contributed by atoms with van der Waals surface area (Å²) in [4.78, 5) is 27.0. The van der Waals surface area contributed by atoms with Gasteiger partial charge < -0.3 is 41.0 Å². The molecule has 2 aliphatic carbocycles. The fraction of sp³-hybridized carbons (Fsp3) is 0.417. The SMILES string of the molecule is CC1(C2(O)Cc3c(O)c4c(c(O)c3C(O)C2)C(=O)c2c(NCCN)cccc2C4=O)OCCO1. The molecule has 0 amide bonds. The number of nitrogens with two attached hydrogens (primary N) is 1. The van der Waals surface area contributed by atoms with Gasteiger partial charge in [-0.3, -0.25) is 9.59 Å². The molecule has 1 saturated heterocycles. The maximum Gasteiger partial charge on any atom is 0.200 e. The van der Waals surface area contributed by atoms with Gasteiger partial charge in [-0.15, -0.1) is 0 Å². The lowest BCUT2D eigenvalue weighted by Gasteiger charge is -2.45. The van der Waals surface area contributed by atoms with Crippen molar-refractivity contribution in [1.82, 2.24) is 0 Å². The molecule has 0 radical (unpaired) electrons. The largest absolute Gasteiger partial charge is 0.507 e. The summed E-state index contributed by atoms with van der Waals surface area (Å²) in [5.74, 6) is -3.93. The molecule has 2 aromatic rings. The Morgan fingerprint density at radius 3 is 2.44 bits per heavy atom. The number of fused-ring (bicyclic) bond motifs is 3. The monoisotopic (exact) mass is 470 g/mol. The zero-order chi connectivity index (χ0) is 24.4. The van der Waals surface area contributed by atoms with Gasteiger partial charge in [0.05, 0.1) is 36.0 Å². The smallest absolute Gasteiger partial charge is 0.200 e. The third-order valence-electron chi connectivity index (χ3n) is 7.06. The van der Waals surface area contributed by atoms with E-state index >= 15 is 0 Å². The van der Waals surface area contributed by atoms with E-state index < -0.39 is 40.6 Å². The molecule has 10 heteroatoms. The van der Waals surface area contributed by atoms with Crippen molar-refractivity contribution in [1.29, 1.82) is 0 Å². The van der Waals surface area contributed by atoms with E-state index in [0.717, 1.165) is 0 Å². The highest BCUT2D eigenvalue weighted by atomic mass is 16.7. The topological polar surface area (TPSA) is 172 Å². The van der Waals surface area contributed by atoms with E-state index in [1.54, 1.807) is 12.1 Å². The Labute approximate surface area is 194 Å². The van der Waals surface area contributed by atoms with Crippen LogP contribution in [0.5, 0.6) is 11.5 Å². The maximum absolute atomic E-state index is 13.5. The number of ketones is 2. The van der Waals surface area contributed by atoms with Crippen LogP contribution in [-0.2, 0) is 15.9 Å². The highest BCUT2D eigenvalue weighted by Crippen LogP contribution is 2.53. The highest BCUT2D eigenvalue weighted by Gasteiger charge is 2.56. The number of nitrogens with one attached hydrogen (secondary N) is 1. The lowest BCUT2D eigenvalue weighted by Crippen LogP contribution is -2.57. The Morgan fingerprint density at radius 1 is 1.09 bits per heavy atom. The lowest BCUT2D eigenvalue weighted by molar-refractivity contribution is -0.269. The summed E-state index contributed by atoms with van der Waals surface area (Å²) in [6.07, 6.45) is -2.00. The zero-order valence-electron chi connectivity index (χ0n) is 18.6. The zero-order valence-corrected chi connectivity index (χ0v) is 18.6. The van der Waals surface area contributed by atoms with Crippen molar-refractivity contribution in [2.45, 2.75) is 37.3 Å². The molecule has 1 heterocycles. The van der Waals surface area contributed by atoms with Gasteiger partial charge in [-0.05, 0) is 13.0 Å². The third kappa shape index (κ3) is 3.00. The standard InChI is InChI=1S/C24H26N2O8/c1-23(33-7-8-34-23)24(32)9-12-16(14(27)10-24)22(31)18-17(20(12)29)19(28)11-3-2-4-13(26-6-5-25)15(11)21(18)30/h2-4,14,26-27,29,31-32H,5-10,25H2,1H3. The van der Waals surface area contributed by atoms with E-state index in [-0.39, 0.29) is 59.4 Å². The van der Waals surface area contributed by atoms with E-state index in [1.807, 2.05) is 0 Å². The number of phenols is 2. The number of carbonyl (C=O) groups excluding carboxylic acids is 2. The first kappa shape index (κ1) is 22.8. The van der Waals surface area contributed by atoms with Crippen LogP contribution in [-0.4, -0.2) is 69.7 Å². The van der Waals surface area contributed by atoms with Gasteiger partial charge >= 0.3 is 0 Å². The van der Waals surface area contributed by atoms with Crippen LogP contribution in [0.25, 0.3) is 0 Å². The van der Waals surface area contributed by atoms with Crippen LogP contribution in [0.4, 0.5) is 5.69 Å². The van der Waals surface area contributed by atoms with Crippen molar-refractivity contribution in [3.63, 3.8) is 0 Å². The Hall–Kier alpha value is -3.02. The van der Waals surface area contributed by atoms with Crippen LogP contribution in [0.3, 0.4) is 0 Å². The first-order valence-corrected chi connectivity index (χ1v) is 11.1. The van der Waals surface area contributed by atoms with Gasteiger partial charge in [0.2, 0.25) is 0 Å². The minimum Gasteiger partial charge on any atom is -0.507 e. The lowest BCUT2D eigenvalue weighted by atomic mass is 9.70. The number of phenolic OH excluding ortho intramolecular Hbond substituents is 2. The second-order valence-corrected chi connectivity index (χ2v) is 9.01. The molecule has 5 rings (SSSR count). The number of benzene rings is 2. The fourth-order valence-electron chi connectivity index (χ4n) is 5.29. The Kier molecular flexibility index (Phi) is 5.19. The number of hydrogen-bond donors (Lipinski definition) is 6. The van der Waals surface area contributed by atoms with Crippen LogP contribution in [0, 0.1) is 0 Å². The van der Waals surface area contributed by atoms with Gasteiger partial charge in [0, 0.05) is 48.3 Å². The first-order valence-electron chi connectivity index (χ1n) is 11.1. The fourth-order valence-corrected chi connectivity index (χ4v) is 5.29. The van der Waals surface area contributed by atoms with Gasteiger partial charge in [-0.25, -0.2) is 0 Å². The van der Waals surface area contributed by atoms with Crippen LogP contribution < -0.4 is 11.1 Å². The minimum atomic E-state index is -1.76. The molecule has 2 aromatic carbocycles. The summed E-state index contributed by atoms with van der Waals surface area (Å²) in [7, 11) is 0. The minimum absolute atomic E-state index is 0.0279. The molecule has 7 N–H and O–H groups in total. The summed E-state index contributed by atoms with van der Waals surface area (Å²) in [5, 5.41) is 47.6. The third-order valence-corrected chi connectivity index (χ3v) is 7.06. The number of carbonyl (C=O) groups is 2. The molecule has 0 saturated carbocycles. The van der Waals surface area contributed by atoms with Crippen LogP contribution in [0.1, 0.15) is 62.4 Å². The van der Waals surface area contributed by atoms with Gasteiger partial charge in [0.25, 0.3) is 0 Å². The van der Waals surface area contributed by atoms with Gasteiger partial charge in [0.1, 0.15) is 17.1 Å². The molecule has 2 unspecified atom stereocenters. The van der Waals surface area contributed by atoms with Crippen molar-refractivity contribution in [3.8, 4) is 11.5 Å². The van der Waals surface area contributed by atoms with Crippen LogP contribution >= 0.6 is 0 Å². The van der Waals surface area contributed by atoms with E-state index in [1.165, 1.54) is 13.0 Å². The number of anilines is 1. The molecule has 10 nitrogen and oxygen atoms in total. The molecule has 3 aliphatic rings. The quantitative estimate of drug-likeness (QED) is 0.298. The molecular formula is C24H26N2O8. The molecular weight excluding hydrogens is 444 g/mol. The number of aliphatic hydroxyl groups excluding tert-OH is 1. The second kappa shape index (κ2) is 7.76.